The highest BCUT2D eigenvalue weighted by molar-refractivity contribution is 5.75. The number of amides is 1. The molecule has 1 amide bonds. The third-order valence-electron chi connectivity index (χ3n) is 1.46. The molecule has 0 saturated heterocycles. The van der Waals surface area contributed by atoms with Crippen molar-refractivity contribution in [1.82, 2.24) is 5.32 Å². The second-order valence-corrected chi connectivity index (χ2v) is 2.60. The van der Waals surface area contributed by atoms with Gasteiger partial charge < -0.3 is 11.1 Å². The van der Waals surface area contributed by atoms with E-state index in [0.29, 0.717) is 13.0 Å². The zero-order chi connectivity index (χ0) is 8.53. The first kappa shape index (κ1) is 10.4. The fourth-order valence-corrected chi connectivity index (χ4v) is 0.756. The van der Waals surface area contributed by atoms with Crippen LogP contribution < -0.4 is 11.1 Å². The van der Waals surface area contributed by atoms with Crippen LogP contribution >= 0.6 is 0 Å². The first-order valence-electron chi connectivity index (χ1n) is 4.28. The van der Waals surface area contributed by atoms with Gasteiger partial charge in [0.2, 0.25) is 5.91 Å². The van der Waals surface area contributed by atoms with Crippen LogP contribution in [0.15, 0.2) is 0 Å². The molecule has 0 saturated carbocycles. The summed E-state index contributed by atoms with van der Waals surface area (Å²) in [4.78, 5) is 10.9. The molecular weight excluding hydrogens is 140 g/mol. The number of rotatable bonds is 6. The van der Waals surface area contributed by atoms with Gasteiger partial charge >= 0.3 is 0 Å². The molecule has 0 heterocycles. The third-order valence-corrected chi connectivity index (χ3v) is 1.46. The van der Waals surface area contributed by atoms with Crippen LogP contribution in [0.3, 0.4) is 0 Å². The van der Waals surface area contributed by atoms with Gasteiger partial charge in [-0.05, 0) is 19.4 Å². The Bertz CT molecular complexity index is 104. The van der Waals surface area contributed by atoms with Gasteiger partial charge in [0.25, 0.3) is 0 Å². The Morgan fingerprint density at radius 1 is 1.45 bits per heavy atom. The Hall–Kier alpha value is -0.570. The molecule has 0 rings (SSSR count). The van der Waals surface area contributed by atoms with E-state index in [4.69, 9.17) is 5.73 Å². The fraction of sp³-hybridized carbons (Fsp3) is 0.875. The van der Waals surface area contributed by atoms with Crippen molar-refractivity contribution in [3.63, 3.8) is 0 Å². The first-order valence-corrected chi connectivity index (χ1v) is 4.28. The van der Waals surface area contributed by atoms with Crippen LogP contribution in [0.1, 0.15) is 32.6 Å². The standard InChI is InChI=1S/C8H18N2O/c1-2-3-7-10-8(11)5-4-6-9/h2-7,9H2,1H3,(H,10,11). The minimum Gasteiger partial charge on any atom is -0.356 e. The maximum atomic E-state index is 10.9. The van der Waals surface area contributed by atoms with E-state index in [-0.39, 0.29) is 5.91 Å². The van der Waals surface area contributed by atoms with Crippen LogP contribution in [-0.2, 0) is 4.79 Å². The number of carbonyl (C=O) groups is 1. The summed E-state index contributed by atoms with van der Waals surface area (Å²) in [5, 5.41) is 2.82. The molecule has 0 aliphatic carbocycles. The smallest absolute Gasteiger partial charge is 0.220 e. The molecule has 0 aliphatic rings. The Kier molecular flexibility index (Phi) is 7.15. The summed E-state index contributed by atoms with van der Waals surface area (Å²) in [5.41, 5.74) is 5.25. The molecule has 0 aromatic heterocycles. The van der Waals surface area contributed by atoms with E-state index >= 15 is 0 Å². The minimum atomic E-state index is 0.129. The number of nitrogens with one attached hydrogen (secondary N) is 1. The molecule has 3 nitrogen and oxygen atoms in total. The lowest BCUT2D eigenvalue weighted by Crippen LogP contribution is -2.24. The molecule has 0 aromatic carbocycles. The zero-order valence-corrected chi connectivity index (χ0v) is 7.23. The Morgan fingerprint density at radius 3 is 2.73 bits per heavy atom. The summed E-state index contributed by atoms with van der Waals surface area (Å²) >= 11 is 0. The Labute approximate surface area is 68.3 Å². The molecule has 11 heavy (non-hydrogen) atoms. The molecule has 0 aliphatic heterocycles. The van der Waals surface area contributed by atoms with Gasteiger partial charge in [-0.15, -0.1) is 0 Å². The lowest BCUT2D eigenvalue weighted by Gasteiger charge is -2.02. The largest absolute Gasteiger partial charge is 0.356 e. The maximum absolute atomic E-state index is 10.9. The first-order chi connectivity index (χ1) is 5.31. The second kappa shape index (κ2) is 7.54. The summed E-state index contributed by atoms with van der Waals surface area (Å²) in [7, 11) is 0. The van der Waals surface area contributed by atoms with Gasteiger partial charge in [0.1, 0.15) is 0 Å². The molecule has 0 radical (unpaired) electrons. The number of hydrogen-bond donors (Lipinski definition) is 2. The molecule has 0 fully saturated rings. The second-order valence-electron chi connectivity index (χ2n) is 2.60. The highest BCUT2D eigenvalue weighted by atomic mass is 16.1. The van der Waals surface area contributed by atoms with Crippen LogP contribution in [0.4, 0.5) is 0 Å². The van der Waals surface area contributed by atoms with Crippen LogP contribution in [-0.4, -0.2) is 19.0 Å². The van der Waals surface area contributed by atoms with E-state index < -0.39 is 0 Å². The highest BCUT2D eigenvalue weighted by Gasteiger charge is 1.97. The van der Waals surface area contributed by atoms with Gasteiger partial charge in [-0.2, -0.15) is 0 Å². The quantitative estimate of drug-likeness (QED) is 0.557. The predicted octanol–water partition coefficient (Wildman–Crippen LogP) is 0.642. The molecular formula is C8H18N2O. The summed E-state index contributed by atoms with van der Waals surface area (Å²) in [6.07, 6.45) is 3.55. The summed E-state index contributed by atoms with van der Waals surface area (Å²) in [5.74, 6) is 0.129. The van der Waals surface area contributed by atoms with Crippen molar-refractivity contribution < 1.29 is 4.79 Å². The third kappa shape index (κ3) is 7.33. The van der Waals surface area contributed by atoms with Crippen molar-refractivity contribution in [3.8, 4) is 0 Å². The topological polar surface area (TPSA) is 55.1 Å². The van der Waals surface area contributed by atoms with Crippen molar-refractivity contribution >= 4 is 5.91 Å². The fourth-order valence-electron chi connectivity index (χ4n) is 0.756. The number of carbonyl (C=O) groups excluding carboxylic acids is 1. The average molecular weight is 158 g/mol. The van der Waals surface area contributed by atoms with Crippen molar-refractivity contribution in [3.05, 3.63) is 0 Å². The average Bonchev–Trinajstić information content (AvgIpc) is 2.01. The van der Waals surface area contributed by atoms with Crippen molar-refractivity contribution in [1.29, 1.82) is 0 Å². The number of nitrogens with two attached hydrogens (primary N) is 1. The molecule has 0 spiro atoms. The van der Waals surface area contributed by atoms with E-state index in [0.717, 1.165) is 25.8 Å². The summed E-state index contributed by atoms with van der Waals surface area (Å²) in [6, 6.07) is 0. The van der Waals surface area contributed by atoms with Gasteiger partial charge in [0.05, 0.1) is 0 Å². The summed E-state index contributed by atoms with van der Waals surface area (Å²) in [6.45, 7) is 3.51. The van der Waals surface area contributed by atoms with Gasteiger partial charge in [0, 0.05) is 13.0 Å². The van der Waals surface area contributed by atoms with Gasteiger partial charge in [0.15, 0.2) is 0 Å². The molecule has 0 unspecified atom stereocenters. The molecule has 66 valence electrons. The Morgan fingerprint density at radius 2 is 2.18 bits per heavy atom. The van der Waals surface area contributed by atoms with Crippen LogP contribution in [0.2, 0.25) is 0 Å². The molecule has 0 aromatic rings. The van der Waals surface area contributed by atoms with Crippen molar-refractivity contribution in [2.75, 3.05) is 13.1 Å². The van der Waals surface area contributed by atoms with Gasteiger partial charge in [-0.25, -0.2) is 0 Å². The predicted molar refractivity (Wildman–Crippen MR) is 46.2 cm³/mol. The number of hydrogen-bond acceptors (Lipinski definition) is 2. The monoisotopic (exact) mass is 158 g/mol. The van der Waals surface area contributed by atoms with Gasteiger partial charge in [-0.3, -0.25) is 4.79 Å². The maximum Gasteiger partial charge on any atom is 0.220 e. The van der Waals surface area contributed by atoms with E-state index in [2.05, 4.69) is 12.2 Å². The van der Waals surface area contributed by atoms with E-state index in [1.54, 1.807) is 0 Å². The van der Waals surface area contributed by atoms with Crippen LogP contribution in [0, 0.1) is 0 Å². The SMILES string of the molecule is CCCCNC(=O)CCCN. The van der Waals surface area contributed by atoms with Crippen molar-refractivity contribution in [2.45, 2.75) is 32.6 Å². The zero-order valence-electron chi connectivity index (χ0n) is 7.23. The van der Waals surface area contributed by atoms with Gasteiger partial charge in [-0.1, -0.05) is 13.3 Å². The minimum absolute atomic E-state index is 0.129. The van der Waals surface area contributed by atoms with Crippen molar-refractivity contribution in [2.24, 2.45) is 5.73 Å². The summed E-state index contributed by atoms with van der Waals surface area (Å²) < 4.78 is 0. The molecule has 3 N–H and O–H groups in total. The normalized spacial score (nSPS) is 9.64. The van der Waals surface area contributed by atoms with Crippen LogP contribution in [0.25, 0.3) is 0 Å². The Balaban J connectivity index is 3.09. The molecule has 3 heteroatoms. The molecule has 0 atom stereocenters. The highest BCUT2D eigenvalue weighted by Crippen LogP contribution is 1.87. The van der Waals surface area contributed by atoms with Crippen LogP contribution in [0.5, 0.6) is 0 Å². The van der Waals surface area contributed by atoms with E-state index in [1.165, 1.54) is 0 Å². The van der Waals surface area contributed by atoms with E-state index in [1.807, 2.05) is 0 Å². The molecule has 0 bridgehead atoms. The van der Waals surface area contributed by atoms with E-state index in [9.17, 15) is 4.79 Å². The lowest BCUT2D eigenvalue weighted by atomic mass is 10.3. The lowest BCUT2D eigenvalue weighted by molar-refractivity contribution is -0.121. The number of unbranched alkanes of at least 4 members (excludes halogenated alkanes) is 1.